The highest BCUT2D eigenvalue weighted by molar-refractivity contribution is 5.76. The number of carboxylic acid groups (broad SMARTS) is 1. The van der Waals surface area contributed by atoms with Crippen LogP contribution in [-0.4, -0.2) is 22.5 Å². The maximum Gasteiger partial charge on any atom is 0.311 e. The van der Waals surface area contributed by atoms with Gasteiger partial charge in [-0.1, -0.05) is 12.8 Å². The maximum atomic E-state index is 13.7. The van der Waals surface area contributed by atoms with Gasteiger partial charge in [0.15, 0.2) is 17.3 Å². The topological polar surface area (TPSA) is 92.5 Å². The van der Waals surface area contributed by atoms with Gasteiger partial charge < -0.3 is 10.4 Å². The number of nitrogens with zero attached hydrogens (tertiary/aromatic N) is 1. The van der Waals surface area contributed by atoms with Gasteiger partial charge in [-0.3, -0.25) is 14.9 Å². The van der Waals surface area contributed by atoms with Crippen molar-refractivity contribution in [3.05, 3.63) is 33.9 Å². The molecule has 0 bridgehead atoms. The Morgan fingerprint density at radius 2 is 2.00 bits per heavy atom. The molecule has 0 aliphatic heterocycles. The third-order valence-corrected chi connectivity index (χ3v) is 3.89. The molecule has 1 aromatic rings. The molecule has 114 valence electrons. The predicted molar refractivity (Wildman–Crippen MR) is 70.0 cm³/mol. The number of nitro benzene ring substituents is 1. The Labute approximate surface area is 118 Å². The molecule has 2 N–H and O–H groups in total. The molecule has 0 unspecified atom stereocenters. The summed E-state index contributed by atoms with van der Waals surface area (Å²) in [6.45, 7) is -0.177. The summed E-state index contributed by atoms with van der Waals surface area (Å²) >= 11 is 0. The van der Waals surface area contributed by atoms with Crippen molar-refractivity contribution in [3.8, 4) is 0 Å². The standard InChI is InChI=1S/C13H14F2N2O4/c14-8-3-4-9(17(20)21)11(10(8)15)16-7-13(12(18)19)5-1-2-6-13/h3-4,16H,1-2,5-7H2,(H,18,19). The van der Waals surface area contributed by atoms with E-state index in [1.165, 1.54) is 0 Å². The fourth-order valence-electron chi connectivity index (χ4n) is 2.64. The highest BCUT2D eigenvalue weighted by Gasteiger charge is 2.41. The van der Waals surface area contributed by atoms with Gasteiger partial charge in [0.05, 0.1) is 10.3 Å². The number of rotatable bonds is 5. The predicted octanol–water partition coefficient (Wildman–Crippen LogP) is 2.93. The van der Waals surface area contributed by atoms with Crippen LogP contribution in [0.5, 0.6) is 0 Å². The van der Waals surface area contributed by atoms with Gasteiger partial charge in [0, 0.05) is 12.6 Å². The minimum absolute atomic E-state index is 0.177. The summed E-state index contributed by atoms with van der Waals surface area (Å²) in [7, 11) is 0. The molecule has 1 aromatic carbocycles. The average Bonchev–Trinajstić information content (AvgIpc) is 2.90. The number of anilines is 1. The van der Waals surface area contributed by atoms with Crippen LogP contribution in [0.15, 0.2) is 12.1 Å². The van der Waals surface area contributed by atoms with E-state index >= 15 is 0 Å². The Hall–Kier alpha value is -2.25. The van der Waals surface area contributed by atoms with Gasteiger partial charge in [0.2, 0.25) is 0 Å². The lowest BCUT2D eigenvalue weighted by molar-refractivity contribution is -0.384. The number of aliphatic carboxylic acids is 1. The highest BCUT2D eigenvalue weighted by Crippen LogP contribution is 2.39. The molecule has 0 amide bonds. The number of hydrogen-bond acceptors (Lipinski definition) is 4. The molecule has 1 aliphatic carbocycles. The van der Waals surface area contributed by atoms with Crippen molar-refractivity contribution in [2.24, 2.45) is 5.41 Å². The van der Waals surface area contributed by atoms with E-state index < -0.39 is 39.3 Å². The first kappa shape index (κ1) is 15.1. The molecule has 21 heavy (non-hydrogen) atoms. The second-order valence-corrected chi connectivity index (χ2v) is 5.16. The van der Waals surface area contributed by atoms with E-state index in [-0.39, 0.29) is 6.54 Å². The van der Waals surface area contributed by atoms with Gasteiger partial charge in [-0.15, -0.1) is 0 Å². The second-order valence-electron chi connectivity index (χ2n) is 5.16. The summed E-state index contributed by atoms with van der Waals surface area (Å²) in [5.74, 6) is -3.63. The normalized spacial score (nSPS) is 16.7. The average molecular weight is 300 g/mol. The van der Waals surface area contributed by atoms with Crippen LogP contribution in [0, 0.1) is 27.2 Å². The van der Waals surface area contributed by atoms with Gasteiger partial charge in [0.25, 0.3) is 5.69 Å². The van der Waals surface area contributed by atoms with Crippen molar-refractivity contribution in [3.63, 3.8) is 0 Å². The minimum atomic E-state index is -1.37. The first-order valence-corrected chi connectivity index (χ1v) is 6.47. The molecular weight excluding hydrogens is 286 g/mol. The van der Waals surface area contributed by atoms with Crippen molar-refractivity contribution in [2.45, 2.75) is 25.7 Å². The van der Waals surface area contributed by atoms with Gasteiger partial charge in [-0.25, -0.2) is 8.78 Å². The molecule has 0 aromatic heterocycles. The Kier molecular flexibility index (Phi) is 4.06. The molecule has 1 aliphatic rings. The lowest BCUT2D eigenvalue weighted by Crippen LogP contribution is -2.35. The molecule has 0 heterocycles. The molecule has 0 spiro atoms. The smallest absolute Gasteiger partial charge is 0.311 e. The molecule has 0 radical (unpaired) electrons. The molecule has 1 saturated carbocycles. The zero-order chi connectivity index (χ0) is 15.6. The number of halogens is 2. The van der Waals surface area contributed by atoms with Crippen molar-refractivity contribution < 1.29 is 23.6 Å². The molecule has 8 heteroatoms. The second kappa shape index (κ2) is 5.63. The summed E-state index contributed by atoms with van der Waals surface area (Å²) in [6, 6.07) is 1.52. The van der Waals surface area contributed by atoms with E-state index in [1.54, 1.807) is 0 Å². The lowest BCUT2D eigenvalue weighted by atomic mass is 9.86. The Balaban J connectivity index is 2.29. The zero-order valence-corrected chi connectivity index (χ0v) is 11.1. The highest BCUT2D eigenvalue weighted by atomic mass is 19.2. The van der Waals surface area contributed by atoms with Crippen LogP contribution in [0.2, 0.25) is 0 Å². The number of carboxylic acids is 1. The van der Waals surface area contributed by atoms with Crippen LogP contribution in [0.1, 0.15) is 25.7 Å². The SMILES string of the molecule is O=C(O)C1(CNc2c([N+](=O)[O-])ccc(F)c2F)CCCC1. The van der Waals surface area contributed by atoms with Crippen LogP contribution in [0.4, 0.5) is 20.2 Å². The summed E-state index contributed by atoms with van der Waals surface area (Å²) in [5, 5.41) is 22.6. The van der Waals surface area contributed by atoms with E-state index in [0.717, 1.165) is 18.9 Å². The molecule has 1 fully saturated rings. The van der Waals surface area contributed by atoms with E-state index in [9.17, 15) is 28.8 Å². The molecular formula is C13H14F2N2O4. The van der Waals surface area contributed by atoms with Gasteiger partial charge in [-0.05, 0) is 18.9 Å². The van der Waals surface area contributed by atoms with E-state index in [1.807, 2.05) is 0 Å². The lowest BCUT2D eigenvalue weighted by Gasteiger charge is -2.24. The number of benzene rings is 1. The third-order valence-electron chi connectivity index (χ3n) is 3.89. The number of nitro groups is 1. The van der Waals surface area contributed by atoms with Gasteiger partial charge in [0.1, 0.15) is 0 Å². The monoisotopic (exact) mass is 300 g/mol. The summed E-state index contributed by atoms with van der Waals surface area (Å²) in [4.78, 5) is 21.4. The van der Waals surface area contributed by atoms with Crippen LogP contribution >= 0.6 is 0 Å². The van der Waals surface area contributed by atoms with Crippen molar-refractivity contribution >= 4 is 17.3 Å². The zero-order valence-electron chi connectivity index (χ0n) is 11.1. The first-order chi connectivity index (χ1) is 9.87. The van der Waals surface area contributed by atoms with Crippen molar-refractivity contribution in [1.82, 2.24) is 0 Å². The van der Waals surface area contributed by atoms with Crippen LogP contribution in [0.25, 0.3) is 0 Å². The fourth-order valence-corrected chi connectivity index (χ4v) is 2.64. The fraction of sp³-hybridized carbons (Fsp3) is 0.462. The van der Waals surface area contributed by atoms with Crippen LogP contribution < -0.4 is 5.32 Å². The Morgan fingerprint density at radius 3 is 2.52 bits per heavy atom. The molecule has 6 nitrogen and oxygen atoms in total. The molecule has 2 rings (SSSR count). The van der Waals surface area contributed by atoms with Crippen LogP contribution in [0.3, 0.4) is 0 Å². The van der Waals surface area contributed by atoms with Gasteiger partial charge in [-0.2, -0.15) is 0 Å². The number of nitrogens with one attached hydrogen (secondary N) is 1. The molecule has 0 saturated heterocycles. The largest absolute Gasteiger partial charge is 0.481 e. The maximum absolute atomic E-state index is 13.7. The van der Waals surface area contributed by atoms with E-state index in [0.29, 0.717) is 18.9 Å². The number of carbonyl (C=O) groups is 1. The Morgan fingerprint density at radius 1 is 1.38 bits per heavy atom. The summed E-state index contributed by atoms with van der Waals surface area (Å²) in [5.41, 5.74) is -2.31. The van der Waals surface area contributed by atoms with Crippen LogP contribution in [-0.2, 0) is 4.79 Å². The van der Waals surface area contributed by atoms with E-state index in [4.69, 9.17) is 0 Å². The Bertz CT molecular complexity index is 586. The van der Waals surface area contributed by atoms with Gasteiger partial charge >= 0.3 is 5.97 Å². The van der Waals surface area contributed by atoms with Crippen molar-refractivity contribution in [1.29, 1.82) is 0 Å². The molecule has 0 atom stereocenters. The third kappa shape index (κ3) is 2.79. The van der Waals surface area contributed by atoms with Crippen molar-refractivity contribution in [2.75, 3.05) is 11.9 Å². The van der Waals surface area contributed by atoms with E-state index in [2.05, 4.69) is 5.32 Å². The summed E-state index contributed by atoms with van der Waals surface area (Å²) < 4.78 is 27.0. The quantitative estimate of drug-likeness (QED) is 0.644. The first-order valence-electron chi connectivity index (χ1n) is 6.47. The number of hydrogen-bond donors (Lipinski definition) is 2. The minimum Gasteiger partial charge on any atom is -0.481 e. The summed E-state index contributed by atoms with van der Waals surface area (Å²) in [6.07, 6.45) is 2.25.